The molecule has 3 aromatic rings. The molecule has 0 unspecified atom stereocenters. The molecule has 142 valence electrons. The Bertz CT molecular complexity index is 966. The van der Waals surface area contributed by atoms with Crippen molar-refractivity contribution in [3.8, 4) is 5.75 Å². The van der Waals surface area contributed by atoms with Crippen molar-refractivity contribution in [3.05, 3.63) is 99.5 Å². The van der Waals surface area contributed by atoms with Gasteiger partial charge in [0.05, 0.1) is 6.21 Å². The first-order valence-corrected chi connectivity index (χ1v) is 9.38. The van der Waals surface area contributed by atoms with E-state index in [9.17, 15) is 15.0 Å². The number of halogens is 1. The lowest BCUT2D eigenvalue weighted by molar-refractivity contribution is -0.136. The van der Waals surface area contributed by atoms with E-state index in [2.05, 4.69) is 26.5 Å². The molecular weight excluding hydrogens is 420 g/mol. The number of hydrogen-bond acceptors (Lipinski definition) is 4. The van der Waals surface area contributed by atoms with Crippen LogP contribution in [-0.2, 0) is 10.4 Å². The summed E-state index contributed by atoms with van der Waals surface area (Å²) in [4.78, 5) is 12.9. The summed E-state index contributed by atoms with van der Waals surface area (Å²) in [6.45, 7) is 1.76. The summed E-state index contributed by atoms with van der Waals surface area (Å²) in [5, 5.41) is 25.4. The number of phenols is 1. The van der Waals surface area contributed by atoms with Gasteiger partial charge in [0.15, 0.2) is 5.60 Å². The van der Waals surface area contributed by atoms with E-state index in [4.69, 9.17) is 0 Å². The molecule has 5 nitrogen and oxygen atoms in total. The summed E-state index contributed by atoms with van der Waals surface area (Å²) in [7, 11) is 0. The second kappa shape index (κ2) is 8.37. The summed E-state index contributed by atoms with van der Waals surface area (Å²) in [5.74, 6) is -0.630. The van der Waals surface area contributed by atoms with E-state index < -0.39 is 11.5 Å². The number of phenolic OH excluding ortho intramolecular Hbond substituents is 1. The smallest absolute Gasteiger partial charge is 0.281 e. The summed E-state index contributed by atoms with van der Waals surface area (Å²) in [6, 6.07) is 20.8. The molecule has 0 heterocycles. The van der Waals surface area contributed by atoms with Crippen molar-refractivity contribution in [1.82, 2.24) is 5.43 Å². The Morgan fingerprint density at radius 1 is 1.04 bits per heavy atom. The van der Waals surface area contributed by atoms with Crippen LogP contribution in [0, 0.1) is 6.92 Å². The van der Waals surface area contributed by atoms with Crippen LogP contribution in [0.4, 0.5) is 0 Å². The van der Waals surface area contributed by atoms with Gasteiger partial charge >= 0.3 is 0 Å². The van der Waals surface area contributed by atoms with Crippen LogP contribution in [-0.4, -0.2) is 22.3 Å². The van der Waals surface area contributed by atoms with Crippen molar-refractivity contribution in [2.45, 2.75) is 12.5 Å². The maximum atomic E-state index is 12.9. The fourth-order valence-corrected chi connectivity index (χ4v) is 3.48. The van der Waals surface area contributed by atoms with Crippen LogP contribution >= 0.6 is 15.9 Å². The highest BCUT2D eigenvalue weighted by Gasteiger charge is 2.39. The van der Waals surface area contributed by atoms with Crippen molar-refractivity contribution < 1.29 is 15.0 Å². The lowest BCUT2D eigenvalue weighted by atomic mass is 9.85. The summed E-state index contributed by atoms with van der Waals surface area (Å²) in [5.41, 5.74) is 2.45. The van der Waals surface area contributed by atoms with Gasteiger partial charge < -0.3 is 10.2 Å². The Labute approximate surface area is 171 Å². The zero-order valence-electron chi connectivity index (χ0n) is 15.1. The van der Waals surface area contributed by atoms with Gasteiger partial charge in [0.1, 0.15) is 5.75 Å². The molecule has 0 spiro atoms. The molecule has 0 aromatic heterocycles. The average molecular weight is 439 g/mol. The van der Waals surface area contributed by atoms with Crippen LogP contribution in [0.3, 0.4) is 0 Å². The van der Waals surface area contributed by atoms with Crippen molar-refractivity contribution in [2.75, 3.05) is 0 Å². The number of carbonyl (C=O) groups is 1. The quantitative estimate of drug-likeness (QED) is 0.417. The zero-order chi connectivity index (χ0) is 20.1. The Morgan fingerprint density at radius 2 is 1.57 bits per heavy atom. The zero-order valence-corrected chi connectivity index (χ0v) is 16.7. The number of hydrazone groups is 1. The number of aromatic hydroxyl groups is 1. The van der Waals surface area contributed by atoms with Crippen LogP contribution < -0.4 is 5.43 Å². The standard InChI is InChI=1S/C22H19BrN2O3/c1-15-12-19(23)13-16(20(15)26)14-24-25-21(27)22(28,17-8-4-2-5-9-17)18-10-6-3-7-11-18/h2-14,26,28H,1H3,(H,25,27). The van der Waals surface area contributed by atoms with Gasteiger partial charge in [-0.05, 0) is 35.7 Å². The first-order valence-electron chi connectivity index (χ1n) is 8.59. The minimum atomic E-state index is -1.91. The number of carbonyl (C=O) groups excluding carboxylic acids is 1. The molecule has 0 aliphatic carbocycles. The van der Waals surface area contributed by atoms with Crippen LogP contribution in [0.1, 0.15) is 22.3 Å². The van der Waals surface area contributed by atoms with Crippen molar-refractivity contribution in [1.29, 1.82) is 0 Å². The van der Waals surface area contributed by atoms with Crippen LogP contribution in [0.2, 0.25) is 0 Å². The van der Waals surface area contributed by atoms with Gasteiger partial charge in [0.2, 0.25) is 0 Å². The summed E-state index contributed by atoms with van der Waals surface area (Å²) < 4.78 is 0.778. The summed E-state index contributed by atoms with van der Waals surface area (Å²) in [6.07, 6.45) is 1.33. The first kappa shape index (κ1) is 19.8. The van der Waals surface area contributed by atoms with E-state index in [-0.39, 0.29) is 5.75 Å². The molecule has 1 amide bonds. The van der Waals surface area contributed by atoms with E-state index in [1.165, 1.54) is 6.21 Å². The molecule has 28 heavy (non-hydrogen) atoms. The molecule has 0 fully saturated rings. The van der Waals surface area contributed by atoms with Gasteiger partial charge in [-0.25, -0.2) is 5.43 Å². The monoisotopic (exact) mass is 438 g/mol. The molecule has 0 aliphatic rings. The molecule has 0 aliphatic heterocycles. The second-order valence-electron chi connectivity index (χ2n) is 6.30. The molecule has 3 N–H and O–H groups in total. The number of aliphatic hydroxyl groups is 1. The van der Waals surface area contributed by atoms with Gasteiger partial charge in [-0.3, -0.25) is 4.79 Å². The fourth-order valence-electron chi connectivity index (χ4n) is 2.89. The van der Waals surface area contributed by atoms with Crippen molar-refractivity contribution >= 4 is 28.1 Å². The maximum absolute atomic E-state index is 12.9. The molecule has 3 rings (SSSR count). The minimum absolute atomic E-state index is 0.0718. The Kier molecular flexibility index (Phi) is 5.92. The third-order valence-corrected chi connectivity index (χ3v) is 4.83. The average Bonchev–Trinajstić information content (AvgIpc) is 2.72. The summed E-state index contributed by atoms with van der Waals surface area (Å²) >= 11 is 3.36. The number of nitrogens with zero attached hydrogens (tertiary/aromatic N) is 1. The lowest BCUT2D eigenvalue weighted by Gasteiger charge is -2.27. The molecule has 0 saturated carbocycles. The van der Waals surface area contributed by atoms with E-state index >= 15 is 0 Å². The molecule has 0 bridgehead atoms. The van der Waals surface area contributed by atoms with Gasteiger partial charge in [-0.15, -0.1) is 0 Å². The number of rotatable bonds is 5. The minimum Gasteiger partial charge on any atom is -0.507 e. The van der Waals surface area contributed by atoms with E-state index in [1.54, 1.807) is 67.6 Å². The van der Waals surface area contributed by atoms with Crippen LogP contribution in [0.25, 0.3) is 0 Å². The Morgan fingerprint density at radius 3 is 2.11 bits per heavy atom. The molecule has 0 saturated heterocycles. The van der Waals surface area contributed by atoms with Crippen molar-refractivity contribution in [2.24, 2.45) is 5.10 Å². The van der Waals surface area contributed by atoms with E-state index in [1.807, 2.05) is 12.1 Å². The predicted octanol–water partition coefficient (Wildman–Crippen LogP) is 3.85. The van der Waals surface area contributed by atoms with Crippen LogP contribution in [0.15, 0.2) is 82.4 Å². The number of nitrogens with one attached hydrogen (secondary N) is 1. The number of aryl methyl sites for hydroxylation is 1. The third kappa shape index (κ3) is 3.98. The van der Waals surface area contributed by atoms with Gasteiger partial charge in [-0.2, -0.15) is 5.10 Å². The largest absolute Gasteiger partial charge is 0.507 e. The molecular formula is C22H19BrN2O3. The predicted molar refractivity (Wildman–Crippen MR) is 112 cm³/mol. The Balaban J connectivity index is 1.91. The Hall–Kier alpha value is -2.96. The normalized spacial score (nSPS) is 11.5. The van der Waals surface area contributed by atoms with Gasteiger partial charge in [0.25, 0.3) is 5.91 Å². The lowest BCUT2D eigenvalue weighted by Crippen LogP contribution is -2.43. The molecule has 6 heteroatoms. The van der Waals surface area contributed by atoms with E-state index in [0.29, 0.717) is 22.3 Å². The van der Waals surface area contributed by atoms with Crippen LogP contribution in [0.5, 0.6) is 5.75 Å². The number of benzene rings is 3. The highest BCUT2D eigenvalue weighted by molar-refractivity contribution is 9.10. The second-order valence-corrected chi connectivity index (χ2v) is 7.22. The maximum Gasteiger partial charge on any atom is 0.281 e. The van der Waals surface area contributed by atoms with Gasteiger partial charge in [0, 0.05) is 10.0 Å². The first-order chi connectivity index (χ1) is 13.4. The highest BCUT2D eigenvalue weighted by atomic mass is 79.9. The number of amides is 1. The molecule has 0 radical (unpaired) electrons. The number of hydrogen-bond donors (Lipinski definition) is 3. The SMILES string of the molecule is Cc1cc(Br)cc(C=NNC(=O)C(O)(c2ccccc2)c2ccccc2)c1O. The highest BCUT2D eigenvalue weighted by Crippen LogP contribution is 2.30. The molecule has 0 atom stereocenters. The fraction of sp³-hybridized carbons (Fsp3) is 0.0909. The molecule has 3 aromatic carbocycles. The van der Waals surface area contributed by atoms with Gasteiger partial charge in [-0.1, -0.05) is 76.6 Å². The topological polar surface area (TPSA) is 81.9 Å². The third-order valence-electron chi connectivity index (χ3n) is 4.38. The van der Waals surface area contributed by atoms with Crippen molar-refractivity contribution in [3.63, 3.8) is 0 Å². The van der Waals surface area contributed by atoms with E-state index in [0.717, 1.165) is 4.47 Å².